The third-order valence-corrected chi connectivity index (χ3v) is 5.62. The quantitative estimate of drug-likeness (QED) is 0.499. The number of ketones is 1. The van der Waals surface area contributed by atoms with Gasteiger partial charge in [0.2, 0.25) is 5.91 Å². The number of carbonyl (C=O) groups excluding carboxylic acids is 2. The van der Waals surface area contributed by atoms with Crippen molar-refractivity contribution in [3.63, 3.8) is 0 Å². The summed E-state index contributed by atoms with van der Waals surface area (Å²) >= 11 is 0. The highest BCUT2D eigenvalue weighted by Gasteiger charge is 2.43. The van der Waals surface area contributed by atoms with Gasteiger partial charge in [0.15, 0.2) is 5.78 Å². The first-order valence-electron chi connectivity index (χ1n) is 9.68. The molecule has 0 saturated heterocycles. The molecule has 0 aromatic heterocycles. The molecular weight excluding hydrogens is 413 g/mol. The molecule has 2 aromatic carbocycles. The molecule has 2 aliphatic rings. The number of allylic oxidation sites excluding steroid dienone is 2. The highest BCUT2D eigenvalue weighted by atomic mass is 19.4. The highest BCUT2D eigenvalue weighted by Crippen LogP contribution is 2.46. The van der Waals surface area contributed by atoms with E-state index in [1.165, 1.54) is 47.4 Å². The van der Waals surface area contributed by atoms with Crippen LogP contribution in [0.5, 0.6) is 0 Å². The van der Waals surface area contributed by atoms with Gasteiger partial charge in [-0.25, -0.2) is 0 Å². The van der Waals surface area contributed by atoms with Crippen molar-refractivity contribution in [2.24, 2.45) is 0 Å². The van der Waals surface area contributed by atoms with E-state index in [4.69, 9.17) is 0 Å². The maximum Gasteiger partial charge on any atom is 0.416 e. The van der Waals surface area contributed by atoms with Crippen LogP contribution in [-0.2, 0) is 15.8 Å². The van der Waals surface area contributed by atoms with E-state index in [2.05, 4.69) is 0 Å². The Morgan fingerprint density at radius 1 is 1.03 bits per heavy atom. The Labute approximate surface area is 175 Å². The van der Waals surface area contributed by atoms with Crippen LogP contribution in [0.1, 0.15) is 42.7 Å². The fourth-order valence-electron chi connectivity index (χ4n) is 4.36. The molecule has 1 amide bonds. The van der Waals surface area contributed by atoms with Crippen LogP contribution < -0.4 is 4.90 Å². The van der Waals surface area contributed by atoms with Crippen LogP contribution in [0.25, 0.3) is 0 Å². The molecule has 2 aromatic rings. The Balaban J connectivity index is 1.89. The topological polar surface area (TPSA) is 80.5 Å². The molecule has 4 rings (SSSR count). The SMILES string of the molecule is O=C1CCCC2=C1C(c1ccccc1C(F)(F)F)CC(=O)N2c1cccc([N+](=O)[O-])c1. The Bertz CT molecular complexity index is 1120. The summed E-state index contributed by atoms with van der Waals surface area (Å²) in [6.45, 7) is 0. The minimum Gasteiger partial charge on any atom is -0.294 e. The third-order valence-electron chi connectivity index (χ3n) is 5.62. The predicted molar refractivity (Wildman–Crippen MR) is 105 cm³/mol. The molecule has 1 atom stereocenters. The van der Waals surface area contributed by atoms with Gasteiger partial charge in [0.1, 0.15) is 0 Å². The molecular formula is C22H17F3N2O4. The molecule has 1 aliphatic carbocycles. The number of benzene rings is 2. The van der Waals surface area contributed by atoms with Crippen molar-refractivity contribution in [2.75, 3.05) is 4.90 Å². The van der Waals surface area contributed by atoms with Gasteiger partial charge in [-0.1, -0.05) is 24.3 Å². The Morgan fingerprint density at radius 2 is 1.77 bits per heavy atom. The number of alkyl halides is 3. The smallest absolute Gasteiger partial charge is 0.294 e. The van der Waals surface area contributed by atoms with E-state index in [0.717, 1.165) is 6.07 Å². The minimum absolute atomic E-state index is 0.107. The molecule has 6 nitrogen and oxygen atoms in total. The standard InChI is InChI=1S/C22H17F3N2O4/c23-22(24,25)17-8-2-1-7-15(17)16-12-20(29)26(18-9-4-10-19(28)21(16)18)13-5-3-6-14(11-13)27(30)31/h1-3,5-8,11,16H,4,9-10,12H2. The van der Waals surface area contributed by atoms with Gasteiger partial charge in [0.25, 0.3) is 5.69 Å². The van der Waals surface area contributed by atoms with Gasteiger partial charge in [-0.15, -0.1) is 0 Å². The average molecular weight is 430 g/mol. The molecule has 31 heavy (non-hydrogen) atoms. The number of halogens is 3. The van der Waals surface area contributed by atoms with E-state index in [0.29, 0.717) is 18.5 Å². The summed E-state index contributed by atoms with van der Waals surface area (Å²) in [7, 11) is 0. The predicted octanol–water partition coefficient (Wildman–Crippen LogP) is 5.14. The van der Waals surface area contributed by atoms with E-state index in [1.54, 1.807) is 0 Å². The molecule has 1 unspecified atom stereocenters. The highest BCUT2D eigenvalue weighted by molar-refractivity contribution is 6.07. The molecule has 0 spiro atoms. The summed E-state index contributed by atoms with van der Waals surface area (Å²) in [4.78, 5) is 37.8. The lowest BCUT2D eigenvalue weighted by Gasteiger charge is -2.38. The van der Waals surface area contributed by atoms with Crippen LogP contribution in [0.4, 0.5) is 24.5 Å². The van der Waals surface area contributed by atoms with Crippen molar-refractivity contribution in [3.8, 4) is 0 Å². The summed E-state index contributed by atoms with van der Waals surface area (Å²) in [6, 6.07) is 10.4. The first-order chi connectivity index (χ1) is 14.7. The summed E-state index contributed by atoms with van der Waals surface area (Å²) in [5.74, 6) is -1.81. The summed E-state index contributed by atoms with van der Waals surface area (Å²) in [6.07, 6.45) is -4.01. The van der Waals surface area contributed by atoms with Crippen LogP contribution in [0.15, 0.2) is 59.8 Å². The average Bonchev–Trinajstić information content (AvgIpc) is 2.72. The van der Waals surface area contributed by atoms with Crippen molar-refractivity contribution >= 4 is 23.1 Å². The Morgan fingerprint density at radius 3 is 2.48 bits per heavy atom. The molecule has 1 heterocycles. The van der Waals surface area contributed by atoms with Crippen LogP contribution in [0, 0.1) is 10.1 Å². The number of nitro groups is 1. The first-order valence-corrected chi connectivity index (χ1v) is 9.68. The van der Waals surface area contributed by atoms with Crippen molar-refractivity contribution < 1.29 is 27.7 Å². The zero-order chi connectivity index (χ0) is 22.3. The number of rotatable bonds is 3. The summed E-state index contributed by atoms with van der Waals surface area (Å²) in [5.41, 5.74) is -0.460. The van der Waals surface area contributed by atoms with Gasteiger partial charge in [-0.2, -0.15) is 13.2 Å². The number of nitro benzene ring substituents is 1. The summed E-state index contributed by atoms with van der Waals surface area (Å²) in [5, 5.41) is 11.2. The van der Waals surface area contributed by atoms with E-state index in [-0.39, 0.29) is 41.1 Å². The molecule has 0 saturated carbocycles. The monoisotopic (exact) mass is 430 g/mol. The molecule has 9 heteroatoms. The van der Waals surface area contributed by atoms with Crippen LogP contribution in [0.2, 0.25) is 0 Å². The maximum atomic E-state index is 13.6. The van der Waals surface area contributed by atoms with E-state index < -0.39 is 28.5 Å². The third kappa shape index (κ3) is 3.71. The van der Waals surface area contributed by atoms with E-state index in [1.807, 2.05) is 0 Å². The van der Waals surface area contributed by atoms with Crippen molar-refractivity contribution in [2.45, 2.75) is 37.8 Å². The molecule has 1 aliphatic heterocycles. The van der Waals surface area contributed by atoms with Gasteiger partial charge in [-0.05, 0) is 30.5 Å². The second-order valence-corrected chi connectivity index (χ2v) is 7.48. The fraction of sp³-hybridized carbons (Fsp3) is 0.273. The second-order valence-electron chi connectivity index (χ2n) is 7.48. The number of non-ortho nitro benzene ring substituents is 1. The number of Topliss-reactive ketones (excluding diaryl/α,β-unsaturated/α-hetero) is 1. The lowest BCUT2D eigenvalue weighted by molar-refractivity contribution is -0.384. The number of nitrogens with zero attached hydrogens (tertiary/aromatic N) is 2. The van der Waals surface area contributed by atoms with Crippen LogP contribution in [0.3, 0.4) is 0 Å². The molecule has 0 fully saturated rings. The maximum absolute atomic E-state index is 13.6. The lowest BCUT2D eigenvalue weighted by atomic mass is 9.76. The van der Waals surface area contributed by atoms with Crippen LogP contribution >= 0.6 is 0 Å². The number of hydrogen-bond donors (Lipinski definition) is 0. The van der Waals surface area contributed by atoms with Gasteiger partial charge in [0, 0.05) is 42.2 Å². The van der Waals surface area contributed by atoms with Gasteiger partial charge in [0.05, 0.1) is 16.2 Å². The first kappa shape index (κ1) is 20.8. The number of anilines is 1. The zero-order valence-electron chi connectivity index (χ0n) is 16.2. The lowest BCUT2D eigenvalue weighted by Crippen LogP contribution is -2.41. The summed E-state index contributed by atoms with van der Waals surface area (Å²) < 4.78 is 40.9. The Kier molecular flexibility index (Phi) is 5.12. The van der Waals surface area contributed by atoms with Crippen molar-refractivity contribution in [1.29, 1.82) is 0 Å². The molecule has 0 N–H and O–H groups in total. The normalized spacial score (nSPS) is 19.5. The molecule has 0 bridgehead atoms. The van der Waals surface area contributed by atoms with Crippen molar-refractivity contribution in [3.05, 3.63) is 81.0 Å². The number of carbonyl (C=O) groups is 2. The fourth-order valence-corrected chi connectivity index (χ4v) is 4.36. The molecule has 160 valence electrons. The van der Waals surface area contributed by atoms with Gasteiger partial charge in [-0.3, -0.25) is 24.6 Å². The van der Waals surface area contributed by atoms with Crippen molar-refractivity contribution in [1.82, 2.24) is 0 Å². The van der Waals surface area contributed by atoms with E-state index in [9.17, 15) is 32.9 Å². The number of hydrogen-bond acceptors (Lipinski definition) is 4. The van der Waals surface area contributed by atoms with E-state index >= 15 is 0 Å². The van der Waals surface area contributed by atoms with Gasteiger partial charge >= 0.3 is 6.18 Å². The zero-order valence-corrected chi connectivity index (χ0v) is 16.2. The number of amides is 1. The molecule has 0 radical (unpaired) electrons. The second kappa shape index (κ2) is 7.64. The van der Waals surface area contributed by atoms with Gasteiger partial charge < -0.3 is 0 Å². The van der Waals surface area contributed by atoms with Crippen LogP contribution in [-0.4, -0.2) is 16.6 Å². The Hall–Kier alpha value is -3.49. The largest absolute Gasteiger partial charge is 0.416 e. The minimum atomic E-state index is -4.63.